The Morgan fingerprint density at radius 3 is 3.03 bits per heavy atom. The van der Waals surface area contributed by atoms with Crippen molar-refractivity contribution in [1.82, 2.24) is 4.90 Å². The Kier molecular flexibility index (Phi) is 8.21. The minimum Gasteiger partial charge on any atom is -0.333 e. The standard InChI is InChI=1S/C23H25ClF2N4S/c1-15(25)5-3-6-19(27)22-20-7-4-11-30(20)21(14-31-12-10-28-2)29-23(22)17-9-8-16(26)13-18(17)24/h3,6,8-10,12-13,15,23,27H,2,4-5,7,11,14H2,1H3/b6-3-,12-10-,27-19?/t15?,23-/m0/s1. The summed E-state index contributed by atoms with van der Waals surface area (Å²) in [5.74, 6) is 1.09. The second-order valence-corrected chi connectivity index (χ2v) is 8.64. The Morgan fingerprint density at radius 1 is 1.52 bits per heavy atom. The molecule has 3 rings (SSSR count). The molecule has 0 amide bonds. The van der Waals surface area contributed by atoms with Crippen molar-refractivity contribution in [3.05, 3.63) is 69.6 Å². The SMILES string of the molecule is C=N/C=C\SCC1=N[C@@H](c2ccc(F)cc2Cl)C(C(=N)/C=C\CC(C)F)=C2CCCN12. The van der Waals surface area contributed by atoms with Crippen molar-refractivity contribution >= 4 is 41.6 Å². The summed E-state index contributed by atoms with van der Waals surface area (Å²) < 4.78 is 26.9. The summed E-state index contributed by atoms with van der Waals surface area (Å²) in [5, 5.41) is 10.8. The summed E-state index contributed by atoms with van der Waals surface area (Å²) in [5.41, 5.74) is 2.70. The van der Waals surface area contributed by atoms with E-state index in [4.69, 9.17) is 22.0 Å². The molecule has 2 atom stereocenters. The number of allylic oxidation sites excluding steroid dienone is 3. The van der Waals surface area contributed by atoms with Gasteiger partial charge in [-0.1, -0.05) is 23.7 Å². The van der Waals surface area contributed by atoms with E-state index < -0.39 is 18.0 Å². The number of alkyl halides is 1. The Morgan fingerprint density at radius 2 is 2.32 bits per heavy atom. The van der Waals surface area contributed by atoms with Crippen LogP contribution < -0.4 is 0 Å². The average Bonchev–Trinajstić information content (AvgIpc) is 3.20. The van der Waals surface area contributed by atoms with Gasteiger partial charge >= 0.3 is 0 Å². The van der Waals surface area contributed by atoms with Gasteiger partial charge in [0.2, 0.25) is 0 Å². The van der Waals surface area contributed by atoms with E-state index in [0.717, 1.165) is 36.5 Å². The van der Waals surface area contributed by atoms with Gasteiger partial charge in [0.15, 0.2) is 0 Å². The lowest BCUT2D eigenvalue weighted by Gasteiger charge is -2.33. The first kappa shape index (κ1) is 23.4. The molecule has 0 radical (unpaired) electrons. The molecule has 4 nitrogen and oxygen atoms in total. The summed E-state index contributed by atoms with van der Waals surface area (Å²) in [7, 11) is 0. The fraction of sp³-hybridized carbons (Fsp3) is 0.348. The van der Waals surface area contributed by atoms with E-state index in [1.165, 1.54) is 19.1 Å². The van der Waals surface area contributed by atoms with E-state index in [0.29, 0.717) is 11.3 Å². The highest BCUT2D eigenvalue weighted by Gasteiger charge is 2.35. The Balaban J connectivity index is 2.03. The number of nitrogens with zero attached hydrogens (tertiary/aromatic N) is 3. The van der Waals surface area contributed by atoms with Crippen LogP contribution in [-0.4, -0.2) is 41.6 Å². The number of hydrogen-bond acceptors (Lipinski definition) is 5. The first-order chi connectivity index (χ1) is 14.9. The zero-order valence-corrected chi connectivity index (χ0v) is 18.9. The van der Waals surface area contributed by atoms with Gasteiger partial charge < -0.3 is 10.3 Å². The zero-order chi connectivity index (χ0) is 22.4. The lowest BCUT2D eigenvalue weighted by atomic mass is 9.91. The molecule has 2 aliphatic rings. The maximum atomic E-state index is 13.7. The molecular formula is C23H25ClF2N4S. The fourth-order valence-corrected chi connectivity index (χ4v) is 4.64. The number of nitrogens with one attached hydrogen (secondary N) is 1. The van der Waals surface area contributed by atoms with E-state index in [9.17, 15) is 8.78 Å². The predicted octanol–water partition coefficient (Wildman–Crippen LogP) is 6.51. The van der Waals surface area contributed by atoms with Crippen LogP contribution in [0.3, 0.4) is 0 Å². The number of hydrogen-bond donors (Lipinski definition) is 1. The Labute approximate surface area is 191 Å². The van der Waals surface area contributed by atoms with Crippen molar-refractivity contribution in [1.29, 1.82) is 5.41 Å². The zero-order valence-electron chi connectivity index (χ0n) is 17.3. The summed E-state index contributed by atoms with van der Waals surface area (Å²) in [6, 6.07) is 3.74. The number of rotatable bonds is 9. The van der Waals surface area contributed by atoms with Crippen LogP contribution in [0.25, 0.3) is 0 Å². The smallest absolute Gasteiger partial charge is 0.124 e. The second-order valence-electron chi connectivity index (χ2n) is 7.34. The summed E-state index contributed by atoms with van der Waals surface area (Å²) in [6.07, 6.45) is 5.96. The molecule has 2 aliphatic heterocycles. The molecule has 0 aliphatic carbocycles. The minimum absolute atomic E-state index is 0.242. The normalized spacial score (nSPS) is 19.8. The van der Waals surface area contributed by atoms with Crippen molar-refractivity contribution in [2.45, 2.75) is 38.4 Å². The lowest BCUT2D eigenvalue weighted by molar-refractivity contribution is 0.365. The highest BCUT2D eigenvalue weighted by molar-refractivity contribution is 8.02. The fourth-order valence-electron chi connectivity index (χ4n) is 3.72. The van der Waals surface area contributed by atoms with Crippen LogP contribution in [0, 0.1) is 11.2 Å². The first-order valence-electron chi connectivity index (χ1n) is 10.1. The van der Waals surface area contributed by atoms with E-state index >= 15 is 0 Å². The third-order valence-electron chi connectivity index (χ3n) is 5.06. The van der Waals surface area contributed by atoms with Crippen LogP contribution in [0.5, 0.6) is 0 Å². The third kappa shape index (κ3) is 5.71. The molecule has 1 unspecified atom stereocenters. The van der Waals surface area contributed by atoms with E-state index in [2.05, 4.69) is 16.6 Å². The minimum atomic E-state index is -0.974. The highest BCUT2D eigenvalue weighted by Crippen LogP contribution is 2.42. The van der Waals surface area contributed by atoms with E-state index in [1.54, 1.807) is 36.2 Å². The van der Waals surface area contributed by atoms with Crippen LogP contribution in [0.2, 0.25) is 5.02 Å². The van der Waals surface area contributed by atoms with E-state index in [-0.39, 0.29) is 17.2 Å². The molecule has 31 heavy (non-hydrogen) atoms. The average molecular weight is 463 g/mol. The van der Waals surface area contributed by atoms with Crippen LogP contribution in [0.1, 0.15) is 37.8 Å². The first-order valence-corrected chi connectivity index (χ1v) is 11.5. The van der Waals surface area contributed by atoms with E-state index in [1.807, 2.05) is 5.41 Å². The molecule has 2 heterocycles. The van der Waals surface area contributed by atoms with Crippen LogP contribution in [0.15, 0.2) is 63.2 Å². The molecule has 8 heteroatoms. The quantitative estimate of drug-likeness (QED) is 0.425. The van der Waals surface area contributed by atoms with Crippen LogP contribution in [-0.2, 0) is 0 Å². The lowest BCUT2D eigenvalue weighted by Crippen LogP contribution is -2.35. The van der Waals surface area contributed by atoms with Gasteiger partial charge in [0, 0.05) is 34.6 Å². The maximum Gasteiger partial charge on any atom is 0.124 e. The van der Waals surface area contributed by atoms with Gasteiger partial charge in [-0.3, -0.25) is 9.98 Å². The predicted molar refractivity (Wildman–Crippen MR) is 128 cm³/mol. The van der Waals surface area contributed by atoms with Crippen molar-refractivity contribution in [3.8, 4) is 0 Å². The topological polar surface area (TPSA) is 51.8 Å². The monoisotopic (exact) mass is 462 g/mol. The van der Waals surface area contributed by atoms with Gasteiger partial charge in [-0.05, 0) is 56.5 Å². The van der Waals surface area contributed by atoms with Crippen LogP contribution >= 0.6 is 23.4 Å². The van der Waals surface area contributed by atoms with Gasteiger partial charge in [0.25, 0.3) is 0 Å². The molecule has 0 saturated carbocycles. The van der Waals surface area contributed by atoms with Crippen molar-refractivity contribution in [3.63, 3.8) is 0 Å². The van der Waals surface area contributed by atoms with Gasteiger partial charge in [-0.25, -0.2) is 8.78 Å². The second kappa shape index (κ2) is 10.9. The molecule has 1 aromatic rings. The summed E-state index contributed by atoms with van der Waals surface area (Å²) >= 11 is 7.95. The molecule has 1 aromatic carbocycles. The maximum absolute atomic E-state index is 13.7. The molecule has 0 bridgehead atoms. The number of halogens is 3. The number of aliphatic imine (C=N–C) groups is 2. The molecule has 0 aromatic heterocycles. The Bertz CT molecular complexity index is 968. The van der Waals surface area contributed by atoms with Crippen molar-refractivity contribution in [2.24, 2.45) is 9.98 Å². The summed E-state index contributed by atoms with van der Waals surface area (Å²) in [4.78, 5) is 10.8. The molecular weight excluding hydrogens is 438 g/mol. The third-order valence-corrected chi connectivity index (χ3v) is 6.13. The van der Waals surface area contributed by atoms with Gasteiger partial charge in [-0.15, -0.1) is 11.8 Å². The number of benzene rings is 1. The molecule has 1 saturated heterocycles. The number of amidine groups is 1. The van der Waals surface area contributed by atoms with Crippen LogP contribution in [0.4, 0.5) is 8.78 Å². The number of fused-ring (bicyclic) bond motifs is 1. The van der Waals surface area contributed by atoms with Crippen molar-refractivity contribution in [2.75, 3.05) is 12.3 Å². The van der Waals surface area contributed by atoms with Gasteiger partial charge in [0.05, 0.1) is 11.5 Å². The van der Waals surface area contributed by atoms with Crippen molar-refractivity contribution < 1.29 is 8.78 Å². The Hall–Kier alpha value is -2.25. The largest absolute Gasteiger partial charge is 0.333 e. The molecule has 1 fully saturated rings. The highest BCUT2D eigenvalue weighted by atomic mass is 35.5. The van der Waals surface area contributed by atoms with Gasteiger partial charge in [-0.2, -0.15) is 0 Å². The summed E-state index contributed by atoms with van der Waals surface area (Å²) in [6.45, 7) is 5.74. The van der Waals surface area contributed by atoms with Gasteiger partial charge in [0.1, 0.15) is 23.9 Å². The molecule has 1 N–H and O–H groups in total. The molecule has 0 spiro atoms. The molecule has 164 valence electrons. The number of thioether (sulfide) groups is 1.